The molecule has 2 amide bonds. The largest absolute Gasteiger partial charge is 0.480 e. The molecule has 0 aromatic heterocycles. The summed E-state index contributed by atoms with van der Waals surface area (Å²) in [6.45, 7) is -0.148. The number of carboxylic acid groups (broad SMARTS) is 1. The van der Waals surface area contributed by atoms with Gasteiger partial charge in [0.15, 0.2) is 0 Å². The van der Waals surface area contributed by atoms with E-state index >= 15 is 0 Å². The van der Waals surface area contributed by atoms with E-state index in [1.807, 2.05) is 0 Å². The van der Waals surface area contributed by atoms with E-state index in [-0.39, 0.29) is 20.0 Å². The summed E-state index contributed by atoms with van der Waals surface area (Å²) < 4.78 is 0. The SMILES string of the molecule is NC(=O)NC[C@H](N)C(=O)O.S. The van der Waals surface area contributed by atoms with Crippen molar-refractivity contribution in [3.05, 3.63) is 0 Å². The molecule has 0 radical (unpaired) electrons. The fourth-order valence-electron chi connectivity index (χ4n) is 0.298. The Kier molecular flexibility index (Phi) is 6.70. The number of nitrogens with two attached hydrogens (primary N) is 2. The summed E-state index contributed by atoms with van der Waals surface area (Å²) in [6.07, 6.45) is 0. The number of urea groups is 1. The number of carboxylic acids is 1. The number of nitrogens with one attached hydrogen (secondary N) is 1. The molecule has 0 saturated heterocycles. The predicted octanol–water partition coefficient (Wildman–Crippen LogP) is -1.82. The minimum Gasteiger partial charge on any atom is -0.480 e. The van der Waals surface area contributed by atoms with Gasteiger partial charge in [0.05, 0.1) is 0 Å². The van der Waals surface area contributed by atoms with E-state index < -0.39 is 18.0 Å². The number of hydrogen-bond acceptors (Lipinski definition) is 3. The van der Waals surface area contributed by atoms with Gasteiger partial charge in [0.2, 0.25) is 0 Å². The summed E-state index contributed by atoms with van der Waals surface area (Å²) in [7, 11) is 0. The lowest BCUT2D eigenvalue weighted by Gasteiger charge is -2.04. The molecule has 11 heavy (non-hydrogen) atoms. The maximum atomic E-state index is 9.99. The van der Waals surface area contributed by atoms with Gasteiger partial charge >= 0.3 is 12.0 Å². The fraction of sp³-hybridized carbons (Fsp3) is 0.500. The minimum absolute atomic E-state index is 0. The van der Waals surface area contributed by atoms with Crippen molar-refractivity contribution in [2.75, 3.05) is 6.54 Å². The molecule has 0 heterocycles. The van der Waals surface area contributed by atoms with Crippen LogP contribution < -0.4 is 16.8 Å². The molecule has 6 N–H and O–H groups in total. The van der Waals surface area contributed by atoms with E-state index in [1.165, 1.54) is 0 Å². The monoisotopic (exact) mass is 181 g/mol. The van der Waals surface area contributed by atoms with Crippen molar-refractivity contribution in [3.63, 3.8) is 0 Å². The van der Waals surface area contributed by atoms with E-state index in [0.29, 0.717) is 0 Å². The first-order valence-electron chi connectivity index (χ1n) is 2.55. The van der Waals surface area contributed by atoms with E-state index in [2.05, 4.69) is 11.1 Å². The number of carbonyl (C=O) groups is 2. The summed E-state index contributed by atoms with van der Waals surface area (Å²) in [5, 5.41) is 10.2. The quantitative estimate of drug-likeness (QED) is 0.410. The van der Waals surface area contributed by atoms with Crippen molar-refractivity contribution in [3.8, 4) is 0 Å². The molecular weight excluding hydrogens is 170 g/mol. The second-order valence-electron chi connectivity index (χ2n) is 1.69. The van der Waals surface area contributed by atoms with Crippen LogP contribution in [0, 0.1) is 0 Å². The molecule has 0 spiro atoms. The van der Waals surface area contributed by atoms with Crippen LogP contribution in [0.3, 0.4) is 0 Å². The van der Waals surface area contributed by atoms with Gasteiger partial charge in [-0.3, -0.25) is 4.79 Å². The van der Waals surface area contributed by atoms with E-state index in [0.717, 1.165) is 0 Å². The topological polar surface area (TPSA) is 118 Å². The highest BCUT2D eigenvalue weighted by atomic mass is 32.1. The Bertz CT molecular complexity index is 152. The molecule has 0 aromatic carbocycles. The van der Waals surface area contributed by atoms with E-state index in [1.54, 1.807) is 0 Å². The van der Waals surface area contributed by atoms with Crippen LogP contribution in [-0.2, 0) is 4.79 Å². The smallest absolute Gasteiger partial charge is 0.322 e. The Hall–Kier alpha value is -0.950. The predicted molar refractivity (Wildman–Crippen MR) is 43.6 cm³/mol. The van der Waals surface area contributed by atoms with Crippen LogP contribution in [-0.4, -0.2) is 29.7 Å². The summed E-state index contributed by atoms with van der Waals surface area (Å²) in [5.74, 6) is -1.17. The lowest BCUT2D eigenvalue weighted by molar-refractivity contribution is -0.138. The Morgan fingerprint density at radius 2 is 2.00 bits per heavy atom. The van der Waals surface area contributed by atoms with E-state index in [4.69, 9.17) is 10.8 Å². The highest BCUT2D eigenvalue weighted by Gasteiger charge is 2.10. The van der Waals surface area contributed by atoms with Crippen LogP contribution in [0.15, 0.2) is 0 Å². The van der Waals surface area contributed by atoms with Crippen molar-refractivity contribution < 1.29 is 14.7 Å². The molecule has 66 valence electrons. The first-order chi connectivity index (χ1) is 4.54. The van der Waals surface area contributed by atoms with Crippen molar-refractivity contribution >= 4 is 25.5 Å². The summed E-state index contributed by atoms with van der Waals surface area (Å²) in [4.78, 5) is 20.0. The van der Waals surface area contributed by atoms with Gasteiger partial charge in [0.25, 0.3) is 0 Å². The summed E-state index contributed by atoms with van der Waals surface area (Å²) >= 11 is 0. The van der Waals surface area contributed by atoms with Gasteiger partial charge in [0.1, 0.15) is 6.04 Å². The van der Waals surface area contributed by atoms with Gasteiger partial charge in [-0.2, -0.15) is 13.5 Å². The Balaban J connectivity index is 0. The number of amides is 2. The maximum absolute atomic E-state index is 9.99. The summed E-state index contributed by atoms with van der Waals surface area (Å²) in [5.41, 5.74) is 9.64. The first kappa shape index (κ1) is 12.7. The van der Waals surface area contributed by atoms with Gasteiger partial charge < -0.3 is 21.9 Å². The Labute approximate surface area is 70.4 Å². The Morgan fingerprint density at radius 3 is 2.27 bits per heavy atom. The molecule has 6 nitrogen and oxygen atoms in total. The normalized spacial score (nSPS) is 11.0. The third-order valence-corrected chi connectivity index (χ3v) is 0.813. The van der Waals surface area contributed by atoms with Crippen LogP contribution in [0.5, 0.6) is 0 Å². The van der Waals surface area contributed by atoms with Crippen molar-refractivity contribution in [2.24, 2.45) is 11.5 Å². The third-order valence-electron chi connectivity index (χ3n) is 0.813. The lowest BCUT2D eigenvalue weighted by Crippen LogP contribution is -2.44. The first-order valence-corrected chi connectivity index (χ1v) is 2.55. The van der Waals surface area contributed by atoms with Gasteiger partial charge in [-0.25, -0.2) is 4.79 Å². The standard InChI is InChI=1S/C4H9N3O3.H2S/c5-2(3(8)9)1-7-4(6)10;/h2H,1,5H2,(H,8,9)(H3,6,7,10);1H2/t2-;/m0./s1. The number of rotatable bonds is 3. The van der Waals surface area contributed by atoms with Crippen molar-refractivity contribution in [1.29, 1.82) is 0 Å². The van der Waals surface area contributed by atoms with Crippen LogP contribution in [0.1, 0.15) is 0 Å². The van der Waals surface area contributed by atoms with Gasteiger partial charge in [0, 0.05) is 6.54 Å². The van der Waals surface area contributed by atoms with Crippen LogP contribution in [0.2, 0.25) is 0 Å². The van der Waals surface area contributed by atoms with Gasteiger partial charge in [-0.15, -0.1) is 0 Å². The van der Waals surface area contributed by atoms with Crippen LogP contribution >= 0.6 is 13.5 Å². The number of hydrogen-bond donors (Lipinski definition) is 4. The Morgan fingerprint density at radius 1 is 1.55 bits per heavy atom. The third kappa shape index (κ3) is 6.94. The molecule has 0 aliphatic carbocycles. The second kappa shape index (κ2) is 5.81. The van der Waals surface area contributed by atoms with Crippen molar-refractivity contribution in [2.45, 2.75) is 6.04 Å². The molecule has 0 rings (SSSR count). The number of aliphatic carboxylic acids is 1. The van der Waals surface area contributed by atoms with Crippen LogP contribution in [0.4, 0.5) is 4.79 Å². The van der Waals surface area contributed by atoms with E-state index in [9.17, 15) is 9.59 Å². The fourth-order valence-corrected chi connectivity index (χ4v) is 0.298. The maximum Gasteiger partial charge on any atom is 0.322 e. The number of carbonyl (C=O) groups excluding carboxylic acids is 1. The molecule has 0 aliphatic rings. The second-order valence-corrected chi connectivity index (χ2v) is 1.69. The van der Waals surface area contributed by atoms with Crippen LogP contribution in [0.25, 0.3) is 0 Å². The average molecular weight is 181 g/mol. The molecule has 0 aromatic rings. The van der Waals surface area contributed by atoms with Gasteiger partial charge in [-0.05, 0) is 0 Å². The molecule has 0 bridgehead atoms. The zero-order valence-electron chi connectivity index (χ0n) is 5.70. The molecule has 1 atom stereocenters. The molecule has 0 fully saturated rings. The minimum atomic E-state index is -1.17. The molecule has 0 saturated carbocycles. The molecule has 0 unspecified atom stereocenters. The molecule has 0 aliphatic heterocycles. The lowest BCUT2D eigenvalue weighted by atomic mass is 10.3. The molecular formula is C4H11N3O3S. The van der Waals surface area contributed by atoms with Crippen molar-refractivity contribution in [1.82, 2.24) is 5.32 Å². The summed E-state index contributed by atoms with van der Waals surface area (Å²) in [6, 6.07) is -1.87. The highest BCUT2D eigenvalue weighted by molar-refractivity contribution is 7.59. The zero-order valence-corrected chi connectivity index (χ0v) is 6.70. The highest BCUT2D eigenvalue weighted by Crippen LogP contribution is 1.73. The molecule has 7 heteroatoms. The average Bonchev–Trinajstić information content (AvgIpc) is 1.82. The zero-order chi connectivity index (χ0) is 8.15. The van der Waals surface area contributed by atoms with Gasteiger partial charge in [-0.1, -0.05) is 0 Å². The number of primary amides is 1.